The summed E-state index contributed by atoms with van der Waals surface area (Å²) in [6.07, 6.45) is 1.89. The second-order valence-electron chi connectivity index (χ2n) is 4.36. The lowest BCUT2D eigenvalue weighted by atomic mass is 10.1. The number of hydrogen-bond donors (Lipinski definition) is 0. The summed E-state index contributed by atoms with van der Waals surface area (Å²) >= 11 is 9.71. The van der Waals surface area contributed by atoms with Gasteiger partial charge in [-0.1, -0.05) is 22.9 Å². The van der Waals surface area contributed by atoms with Crippen molar-refractivity contribution in [1.29, 1.82) is 0 Å². The van der Waals surface area contributed by atoms with Gasteiger partial charge in [-0.05, 0) is 55.1 Å². The first-order chi connectivity index (χ1) is 8.54. The minimum Gasteiger partial charge on any atom is -0.270 e. The van der Waals surface area contributed by atoms with E-state index in [0.717, 1.165) is 28.8 Å². The Labute approximate surface area is 120 Å². The number of benzene rings is 1. The summed E-state index contributed by atoms with van der Waals surface area (Å²) in [6, 6.07) is 4.18. The predicted molar refractivity (Wildman–Crippen MR) is 77.5 cm³/mol. The average molecular weight is 329 g/mol. The number of nitrogens with zero attached hydrogens (tertiary/aromatic N) is 3. The van der Waals surface area contributed by atoms with E-state index >= 15 is 0 Å². The van der Waals surface area contributed by atoms with Crippen LogP contribution in [0.3, 0.4) is 0 Å². The van der Waals surface area contributed by atoms with E-state index in [1.165, 1.54) is 11.1 Å². The zero-order valence-electron chi connectivity index (χ0n) is 10.7. The van der Waals surface area contributed by atoms with E-state index in [1.54, 1.807) is 0 Å². The van der Waals surface area contributed by atoms with Gasteiger partial charge in [0.25, 0.3) is 0 Å². The first-order valence-electron chi connectivity index (χ1n) is 5.91. The molecule has 0 radical (unpaired) electrons. The predicted octanol–water partition coefficient (Wildman–Crippen LogP) is 4.25. The van der Waals surface area contributed by atoms with Gasteiger partial charge >= 0.3 is 0 Å². The summed E-state index contributed by atoms with van der Waals surface area (Å²) in [5.74, 6) is 0.906. The molecule has 0 fully saturated rings. The molecule has 18 heavy (non-hydrogen) atoms. The molecule has 0 bridgehead atoms. The maximum Gasteiger partial charge on any atom is 0.229 e. The highest BCUT2D eigenvalue weighted by Gasteiger charge is 2.13. The smallest absolute Gasteiger partial charge is 0.229 e. The van der Waals surface area contributed by atoms with Crippen LogP contribution in [-0.4, -0.2) is 14.8 Å². The third-order valence-corrected chi connectivity index (χ3v) is 4.34. The van der Waals surface area contributed by atoms with Crippen molar-refractivity contribution in [3.05, 3.63) is 38.8 Å². The molecule has 2 aromatic rings. The molecular weight excluding hydrogens is 314 g/mol. The van der Waals surface area contributed by atoms with Gasteiger partial charge in [-0.25, -0.2) is 0 Å². The summed E-state index contributed by atoms with van der Waals surface area (Å²) < 4.78 is 3.05. The third kappa shape index (κ3) is 2.45. The van der Waals surface area contributed by atoms with Crippen LogP contribution in [0.15, 0.2) is 16.6 Å². The van der Waals surface area contributed by atoms with Crippen LogP contribution < -0.4 is 0 Å². The van der Waals surface area contributed by atoms with Crippen LogP contribution in [0.1, 0.15) is 30.3 Å². The SMILES string of the molecule is CCCc1nnc(Cl)n1-c1cc(C)c(Br)c(C)c1. The van der Waals surface area contributed by atoms with E-state index in [4.69, 9.17) is 11.6 Å². The summed E-state index contributed by atoms with van der Waals surface area (Å²) in [7, 11) is 0. The van der Waals surface area contributed by atoms with Gasteiger partial charge in [0.1, 0.15) is 5.82 Å². The molecule has 3 nitrogen and oxygen atoms in total. The zero-order valence-corrected chi connectivity index (χ0v) is 13.0. The number of halogens is 2. The van der Waals surface area contributed by atoms with Crippen molar-refractivity contribution in [3.8, 4) is 5.69 Å². The molecule has 1 aromatic heterocycles. The van der Waals surface area contributed by atoms with Crippen LogP contribution in [0.2, 0.25) is 5.28 Å². The molecular formula is C13H15BrClN3. The molecule has 5 heteroatoms. The molecule has 0 spiro atoms. The molecule has 2 rings (SSSR count). The molecule has 0 aliphatic rings. The molecule has 0 unspecified atom stereocenters. The van der Waals surface area contributed by atoms with Crippen molar-refractivity contribution in [2.24, 2.45) is 0 Å². The summed E-state index contributed by atoms with van der Waals surface area (Å²) in [5, 5.41) is 8.51. The van der Waals surface area contributed by atoms with E-state index in [1.807, 2.05) is 4.57 Å². The van der Waals surface area contributed by atoms with Gasteiger partial charge < -0.3 is 0 Å². The summed E-state index contributed by atoms with van der Waals surface area (Å²) in [4.78, 5) is 0. The normalized spacial score (nSPS) is 10.9. The molecule has 0 amide bonds. The molecule has 0 aliphatic heterocycles. The van der Waals surface area contributed by atoms with Gasteiger partial charge in [-0.15, -0.1) is 10.2 Å². The fraction of sp³-hybridized carbons (Fsp3) is 0.385. The Morgan fingerprint density at radius 2 is 1.83 bits per heavy atom. The van der Waals surface area contributed by atoms with Gasteiger partial charge in [-0.2, -0.15) is 0 Å². The summed E-state index contributed by atoms with van der Waals surface area (Å²) in [6.45, 7) is 6.25. The third-order valence-electron chi connectivity index (χ3n) is 2.84. The molecule has 0 atom stereocenters. The quantitative estimate of drug-likeness (QED) is 0.843. The van der Waals surface area contributed by atoms with Gasteiger partial charge in [0.15, 0.2) is 0 Å². The highest BCUT2D eigenvalue weighted by Crippen LogP contribution is 2.26. The van der Waals surface area contributed by atoms with E-state index < -0.39 is 0 Å². The highest BCUT2D eigenvalue weighted by atomic mass is 79.9. The topological polar surface area (TPSA) is 30.7 Å². The Kier molecular flexibility index (Phi) is 4.07. The van der Waals surface area contributed by atoms with Gasteiger partial charge in [0.05, 0.1) is 5.69 Å². The average Bonchev–Trinajstić information content (AvgIpc) is 2.67. The Morgan fingerprint density at radius 1 is 1.22 bits per heavy atom. The highest BCUT2D eigenvalue weighted by molar-refractivity contribution is 9.10. The van der Waals surface area contributed by atoms with E-state index in [9.17, 15) is 0 Å². The van der Waals surface area contributed by atoms with Gasteiger partial charge in [0, 0.05) is 10.9 Å². The molecule has 0 aliphatic carbocycles. The first kappa shape index (κ1) is 13.6. The van der Waals surface area contributed by atoms with Gasteiger partial charge in [-0.3, -0.25) is 4.57 Å². The summed E-state index contributed by atoms with van der Waals surface area (Å²) in [5.41, 5.74) is 3.38. The van der Waals surface area contributed by atoms with E-state index in [2.05, 4.69) is 59.0 Å². The number of hydrogen-bond acceptors (Lipinski definition) is 2. The Hall–Kier alpha value is -0.870. The second-order valence-corrected chi connectivity index (χ2v) is 5.50. The molecule has 0 saturated carbocycles. The minimum absolute atomic E-state index is 0.416. The Bertz CT molecular complexity index is 555. The van der Waals surface area contributed by atoms with Crippen molar-refractivity contribution < 1.29 is 0 Å². The van der Waals surface area contributed by atoms with Crippen LogP contribution in [-0.2, 0) is 6.42 Å². The number of aryl methyl sites for hydroxylation is 3. The van der Waals surface area contributed by atoms with Gasteiger partial charge in [0.2, 0.25) is 5.28 Å². The van der Waals surface area contributed by atoms with Crippen LogP contribution in [0.25, 0.3) is 5.69 Å². The monoisotopic (exact) mass is 327 g/mol. The maximum atomic E-state index is 6.14. The van der Waals surface area contributed by atoms with Crippen LogP contribution in [0, 0.1) is 13.8 Å². The fourth-order valence-electron chi connectivity index (χ4n) is 1.99. The molecule has 96 valence electrons. The lowest BCUT2D eigenvalue weighted by molar-refractivity contribution is 0.802. The van der Waals surface area contributed by atoms with Crippen LogP contribution in [0.4, 0.5) is 0 Å². The minimum atomic E-state index is 0.416. The van der Waals surface area contributed by atoms with Crippen molar-refractivity contribution in [2.45, 2.75) is 33.6 Å². The lowest BCUT2D eigenvalue weighted by Crippen LogP contribution is -2.02. The number of aromatic nitrogens is 3. The number of rotatable bonds is 3. The van der Waals surface area contributed by atoms with Crippen molar-refractivity contribution in [1.82, 2.24) is 14.8 Å². The van der Waals surface area contributed by atoms with Crippen molar-refractivity contribution in [2.75, 3.05) is 0 Å². The van der Waals surface area contributed by atoms with E-state index in [0.29, 0.717) is 5.28 Å². The largest absolute Gasteiger partial charge is 0.270 e. The fourth-order valence-corrected chi connectivity index (χ4v) is 2.45. The molecule has 1 heterocycles. The van der Waals surface area contributed by atoms with Crippen molar-refractivity contribution >= 4 is 27.5 Å². The van der Waals surface area contributed by atoms with Crippen LogP contribution >= 0.6 is 27.5 Å². The molecule has 0 N–H and O–H groups in total. The van der Waals surface area contributed by atoms with E-state index in [-0.39, 0.29) is 0 Å². The standard InChI is InChI=1S/C13H15BrClN3/c1-4-5-11-16-17-13(15)18(11)10-6-8(2)12(14)9(3)7-10/h6-7H,4-5H2,1-3H3. The second kappa shape index (κ2) is 5.41. The van der Waals surface area contributed by atoms with Crippen molar-refractivity contribution in [3.63, 3.8) is 0 Å². The molecule has 0 saturated heterocycles. The molecule has 1 aromatic carbocycles. The van der Waals surface area contributed by atoms with Crippen LogP contribution in [0.5, 0.6) is 0 Å². The lowest BCUT2D eigenvalue weighted by Gasteiger charge is -2.11. The Morgan fingerprint density at radius 3 is 2.39 bits per heavy atom. The maximum absolute atomic E-state index is 6.14. The zero-order chi connectivity index (χ0) is 13.3. The Balaban J connectivity index is 2.58. The first-order valence-corrected chi connectivity index (χ1v) is 7.08.